The van der Waals surface area contributed by atoms with E-state index in [9.17, 15) is 4.79 Å². The van der Waals surface area contributed by atoms with Crippen LogP contribution < -0.4 is 0 Å². The molecule has 1 aliphatic rings. The molecule has 25 heavy (non-hydrogen) atoms. The van der Waals surface area contributed by atoms with Crippen molar-refractivity contribution in [1.29, 1.82) is 0 Å². The minimum absolute atomic E-state index is 0.122. The van der Waals surface area contributed by atoms with Crippen LogP contribution in [0.1, 0.15) is 35.5 Å². The summed E-state index contributed by atoms with van der Waals surface area (Å²) in [6.45, 7) is 8.18. The standard InChI is InChI=1S/C20H21ClN2OS/c1-11-4-5-16-14(7-11)18-15(19(21)22-16)8-17(25-18)20(24)23-9-12(2)6-13(3)10-23/h4-5,7-8,12-13H,6,9-10H2,1-3H3. The molecule has 0 radical (unpaired) electrons. The predicted molar refractivity (Wildman–Crippen MR) is 106 cm³/mol. The Morgan fingerprint density at radius 1 is 1.20 bits per heavy atom. The summed E-state index contributed by atoms with van der Waals surface area (Å²) in [5, 5.41) is 2.43. The summed E-state index contributed by atoms with van der Waals surface area (Å²) in [7, 11) is 0. The van der Waals surface area contributed by atoms with Crippen LogP contribution in [-0.4, -0.2) is 28.9 Å². The van der Waals surface area contributed by atoms with Crippen LogP contribution in [0.2, 0.25) is 5.15 Å². The van der Waals surface area contributed by atoms with Crippen LogP contribution in [0.5, 0.6) is 0 Å². The third kappa shape index (κ3) is 3.02. The lowest BCUT2D eigenvalue weighted by Gasteiger charge is -2.34. The summed E-state index contributed by atoms with van der Waals surface area (Å²) in [6, 6.07) is 8.07. The van der Waals surface area contributed by atoms with E-state index in [0.717, 1.165) is 39.0 Å². The number of halogens is 1. The highest BCUT2D eigenvalue weighted by atomic mass is 35.5. The van der Waals surface area contributed by atoms with Crippen LogP contribution in [0.15, 0.2) is 24.3 Å². The number of thiophene rings is 1. The lowest BCUT2D eigenvalue weighted by molar-refractivity contribution is 0.0628. The number of benzene rings is 1. The molecule has 0 bridgehead atoms. The number of aryl methyl sites for hydroxylation is 1. The zero-order valence-electron chi connectivity index (χ0n) is 14.7. The SMILES string of the molecule is Cc1ccc2nc(Cl)c3cc(C(=O)N4CC(C)CC(C)C4)sc3c2c1. The Balaban J connectivity index is 1.80. The molecule has 0 saturated carbocycles. The van der Waals surface area contributed by atoms with E-state index >= 15 is 0 Å². The molecule has 1 saturated heterocycles. The van der Waals surface area contributed by atoms with Crippen molar-refractivity contribution in [1.82, 2.24) is 9.88 Å². The van der Waals surface area contributed by atoms with Gasteiger partial charge in [-0.2, -0.15) is 0 Å². The second-order valence-electron chi connectivity index (χ2n) is 7.43. The monoisotopic (exact) mass is 372 g/mol. The van der Waals surface area contributed by atoms with Gasteiger partial charge in [-0.1, -0.05) is 37.1 Å². The number of rotatable bonds is 1. The van der Waals surface area contributed by atoms with Gasteiger partial charge < -0.3 is 4.90 Å². The molecular weight excluding hydrogens is 352 g/mol. The first-order chi connectivity index (χ1) is 11.9. The summed E-state index contributed by atoms with van der Waals surface area (Å²) in [6.07, 6.45) is 1.19. The fourth-order valence-electron chi connectivity index (χ4n) is 3.93. The number of nitrogens with zero attached hydrogens (tertiary/aromatic N) is 2. The summed E-state index contributed by atoms with van der Waals surface area (Å²) in [5.41, 5.74) is 2.06. The molecule has 5 heteroatoms. The summed E-state index contributed by atoms with van der Waals surface area (Å²) in [5.74, 6) is 1.23. The van der Waals surface area contributed by atoms with Crippen molar-refractivity contribution in [2.75, 3.05) is 13.1 Å². The summed E-state index contributed by atoms with van der Waals surface area (Å²) < 4.78 is 1.06. The Bertz CT molecular complexity index is 971. The lowest BCUT2D eigenvalue weighted by Crippen LogP contribution is -2.42. The Hall–Kier alpha value is -1.65. The highest BCUT2D eigenvalue weighted by Gasteiger charge is 2.27. The van der Waals surface area contributed by atoms with Crippen molar-refractivity contribution in [2.24, 2.45) is 11.8 Å². The van der Waals surface area contributed by atoms with Crippen LogP contribution in [0, 0.1) is 18.8 Å². The van der Waals surface area contributed by atoms with Crippen molar-refractivity contribution in [3.05, 3.63) is 39.9 Å². The smallest absolute Gasteiger partial charge is 0.263 e. The van der Waals surface area contributed by atoms with Crippen LogP contribution in [0.3, 0.4) is 0 Å². The van der Waals surface area contributed by atoms with Gasteiger partial charge in [0.2, 0.25) is 0 Å². The van der Waals surface area contributed by atoms with Gasteiger partial charge in [-0.15, -0.1) is 11.3 Å². The summed E-state index contributed by atoms with van der Waals surface area (Å²) >= 11 is 7.93. The lowest BCUT2D eigenvalue weighted by atomic mass is 9.92. The second-order valence-corrected chi connectivity index (χ2v) is 8.84. The number of hydrogen-bond acceptors (Lipinski definition) is 3. The molecule has 1 aliphatic heterocycles. The fraction of sp³-hybridized carbons (Fsp3) is 0.400. The van der Waals surface area contributed by atoms with E-state index in [0.29, 0.717) is 17.0 Å². The number of carbonyl (C=O) groups is 1. The first kappa shape index (κ1) is 16.8. The highest BCUT2D eigenvalue weighted by Crippen LogP contribution is 2.37. The average Bonchev–Trinajstić information content (AvgIpc) is 3.00. The molecule has 2 atom stereocenters. The molecule has 1 fully saturated rings. The molecule has 3 aromatic rings. The predicted octanol–water partition coefficient (Wildman–Crippen LogP) is 5.53. The van der Waals surface area contributed by atoms with E-state index in [4.69, 9.17) is 11.6 Å². The topological polar surface area (TPSA) is 33.2 Å². The number of amides is 1. The maximum Gasteiger partial charge on any atom is 0.263 e. The molecule has 1 aromatic carbocycles. The maximum absolute atomic E-state index is 13.0. The molecule has 0 aliphatic carbocycles. The van der Waals surface area contributed by atoms with E-state index < -0.39 is 0 Å². The van der Waals surface area contributed by atoms with Gasteiger partial charge in [-0.25, -0.2) is 4.98 Å². The van der Waals surface area contributed by atoms with Crippen molar-refractivity contribution in [3.8, 4) is 0 Å². The van der Waals surface area contributed by atoms with Crippen LogP contribution in [0.4, 0.5) is 0 Å². The molecule has 0 spiro atoms. The largest absolute Gasteiger partial charge is 0.337 e. The molecule has 3 nitrogen and oxygen atoms in total. The molecule has 3 heterocycles. The van der Waals surface area contributed by atoms with Crippen molar-refractivity contribution < 1.29 is 4.79 Å². The van der Waals surface area contributed by atoms with Crippen LogP contribution in [0.25, 0.3) is 21.0 Å². The number of hydrogen-bond donors (Lipinski definition) is 0. The Kier molecular flexibility index (Phi) is 4.20. The number of pyridine rings is 1. The van der Waals surface area contributed by atoms with Gasteiger partial charge in [0.15, 0.2) is 0 Å². The average molecular weight is 373 g/mol. The van der Waals surface area contributed by atoms with Crippen molar-refractivity contribution in [2.45, 2.75) is 27.2 Å². The normalized spacial score (nSPS) is 21.2. The molecule has 2 aromatic heterocycles. The van der Waals surface area contributed by atoms with Gasteiger partial charge in [0.05, 0.1) is 10.4 Å². The zero-order valence-corrected chi connectivity index (χ0v) is 16.2. The molecule has 4 rings (SSSR count). The van der Waals surface area contributed by atoms with Gasteiger partial charge in [0.25, 0.3) is 5.91 Å². The molecule has 130 valence electrons. The Morgan fingerprint density at radius 3 is 2.64 bits per heavy atom. The van der Waals surface area contributed by atoms with Crippen LogP contribution in [-0.2, 0) is 0 Å². The highest BCUT2D eigenvalue weighted by molar-refractivity contribution is 7.21. The first-order valence-corrected chi connectivity index (χ1v) is 9.90. The van der Waals surface area contributed by atoms with Crippen LogP contribution >= 0.6 is 22.9 Å². The van der Waals surface area contributed by atoms with E-state index in [1.165, 1.54) is 23.3 Å². The zero-order chi connectivity index (χ0) is 17.7. The molecule has 0 N–H and O–H groups in total. The molecule has 1 amide bonds. The minimum Gasteiger partial charge on any atom is -0.337 e. The number of carbonyl (C=O) groups excluding carboxylic acids is 1. The first-order valence-electron chi connectivity index (χ1n) is 8.71. The van der Waals surface area contributed by atoms with Gasteiger partial charge in [-0.05, 0) is 43.4 Å². The number of aromatic nitrogens is 1. The van der Waals surface area contributed by atoms with E-state index in [1.807, 2.05) is 23.1 Å². The van der Waals surface area contributed by atoms with Gasteiger partial charge >= 0.3 is 0 Å². The van der Waals surface area contributed by atoms with E-state index in [-0.39, 0.29) is 5.91 Å². The quantitative estimate of drug-likeness (QED) is 0.526. The second kappa shape index (κ2) is 6.26. The number of likely N-dealkylation sites (tertiary alicyclic amines) is 1. The van der Waals surface area contributed by atoms with Crippen molar-refractivity contribution >= 4 is 49.8 Å². The number of fused-ring (bicyclic) bond motifs is 3. The fourth-order valence-corrected chi connectivity index (χ4v) is 5.38. The third-order valence-electron chi connectivity index (χ3n) is 4.94. The molecular formula is C20H21ClN2OS. The Labute approximate surface area is 156 Å². The summed E-state index contributed by atoms with van der Waals surface area (Å²) in [4.78, 5) is 20.3. The van der Waals surface area contributed by atoms with E-state index in [2.05, 4.69) is 31.8 Å². The van der Waals surface area contributed by atoms with Gasteiger partial charge in [0, 0.05) is 28.6 Å². The van der Waals surface area contributed by atoms with Crippen molar-refractivity contribution in [3.63, 3.8) is 0 Å². The molecule has 2 unspecified atom stereocenters. The third-order valence-corrected chi connectivity index (χ3v) is 6.38. The number of piperidine rings is 1. The van der Waals surface area contributed by atoms with Gasteiger partial charge in [0.1, 0.15) is 5.15 Å². The van der Waals surface area contributed by atoms with E-state index in [1.54, 1.807) is 0 Å². The van der Waals surface area contributed by atoms with Gasteiger partial charge in [-0.3, -0.25) is 4.79 Å². The minimum atomic E-state index is 0.122. The maximum atomic E-state index is 13.0. The Morgan fingerprint density at radius 2 is 1.92 bits per heavy atom.